The molecule has 1 unspecified atom stereocenters. The highest BCUT2D eigenvalue weighted by Gasteiger charge is 2.30. The van der Waals surface area contributed by atoms with Crippen molar-refractivity contribution in [2.45, 2.75) is 28.7 Å². The van der Waals surface area contributed by atoms with E-state index in [9.17, 15) is 14.4 Å². The molecule has 0 aliphatic heterocycles. The predicted octanol–water partition coefficient (Wildman–Crippen LogP) is 6.28. The Bertz CT molecular complexity index is 1740. The van der Waals surface area contributed by atoms with E-state index in [0.717, 1.165) is 32.0 Å². The van der Waals surface area contributed by atoms with E-state index in [0.29, 0.717) is 28.7 Å². The molecule has 0 spiro atoms. The van der Waals surface area contributed by atoms with Crippen molar-refractivity contribution in [2.24, 2.45) is 0 Å². The first-order chi connectivity index (χ1) is 23.3. The van der Waals surface area contributed by atoms with Crippen LogP contribution < -0.4 is 29.6 Å². The highest BCUT2D eigenvalue weighted by molar-refractivity contribution is 7.99. The van der Waals surface area contributed by atoms with Crippen LogP contribution in [0.5, 0.6) is 23.0 Å². The molecule has 1 atom stereocenters. The van der Waals surface area contributed by atoms with E-state index >= 15 is 0 Å². The van der Waals surface area contributed by atoms with Crippen molar-refractivity contribution in [2.75, 3.05) is 47.0 Å². The molecule has 2 N–H and O–H groups in total. The summed E-state index contributed by atoms with van der Waals surface area (Å²) in [5.41, 5.74) is 4.62. The Labute approximate surface area is 282 Å². The maximum atomic E-state index is 13.5. The Morgan fingerprint density at radius 3 is 1.90 bits per heavy atom. The molecule has 1 aliphatic rings. The van der Waals surface area contributed by atoms with Crippen LogP contribution in [0.15, 0.2) is 88.7 Å². The second-order valence-electron chi connectivity index (χ2n) is 10.6. The van der Waals surface area contributed by atoms with Gasteiger partial charge in [0.15, 0.2) is 11.5 Å². The fourth-order valence-corrected chi connectivity index (χ4v) is 6.40. The highest BCUT2D eigenvalue weighted by atomic mass is 32.2. The Balaban J connectivity index is 1.30. The smallest absolute Gasteiger partial charge is 0.407 e. The molecule has 0 aromatic heterocycles. The lowest BCUT2D eigenvalue weighted by molar-refractivity contribution is -0.142. The van der Waals surface area contributed by atoms with Gasteiger partial charge in [-0.15, -0.1) is 0 Å². The number of hydrogen-bond acceptors (Lipinski definition) is 10. The summed E-state index contributed by atoms with van der Waals surface area (Å²) in [6, 6.07) is 23.6. The molecule has 5 rings (SSSR count). The van der Waals surface area contributed by atoms with Gasteiger partial charge in [-0.25, -0.2) is 4.79 Å². The van der Waals surface area contributed by atoms with E-state index in [1.54, 1.807) is 12.1 Å². The van der Waals surface area contributed by atoms with Crippen LogP contribution in [0.3, 0.4) is 0 Å². The van der Waals surface area contributed by atoms with Gasteiger partial charge in [0.1, 0.15) is 25.0 Å². The second kappa shape index (κ2) is 15.5. The number of nitrogens with one attached hydrogen (secondary N) is 2. The number of carbonyl (C=O) groups is 3. The number of anilines is 1. The summed E-state index contributed by atoms with van der Waals surface area (Å²) in [4.78, 5) is 39.8. The van der Waals surface area contributed by atoms with Crippen LogP contribution in [0.25, 0.3) is 11.1 Å². The molecule has 0 fully saturated rings. The molecule has 11 nitrogen and oxygen atoms in total. The number of fused-ring (bicyclic) bond motifs is 3. The number of carbonyl (C=O) groups excluding carboxylic acids is 3. The van der Waals surface area contributed by atoms with Crippen LogP contribution in [0.2, 0.25) is 0 Å². The molecule has 0 radical (unpaired) electrons. The molecule has 4 aromatic rings. The van der Waals surface area contributed by atoms with Gasteiger partial charge in [-0.2, -0.15) is 0 Å². The number of esters is 1. The highest BCUT2D eigenvalue weighted by Crippen LogP contribution is 2.45. The summed E-state index contributed by atoms with van der Waals surface area (Å²) in [5, 5.41) is 5.35. The number of hydrogen-bond donors (Lipinski definition) is 2. The minimum atomic E-state index is -1.26. The Morgan fingerprint density at radius 1 is 0.729 bits per heavy atom. The topological polar surface area (TPSA) is 131 Å². The van der Waals surface area contributed by atoms with Crippen molar-refractivity contribution in [1.29, 1.82) is 0 Å². The molecule has 0 bridgehead atoms. The fourth-order valence-electron chi connectivity index (χ4n) is 5.49. The molecule has 2 amide bonds. The van der Waals surface area contributed by atoms with E-state index < -0.39 is 30.6 Å². The van der Waals surface area contributed by atoms with Crippen LogP contribution >= 0.6 is 11.8 Å². The van der Waals surface area contributed by atoms with Gasteiger partial charge in [-0.05, 0) is 52.6 Å². The molecular weight excluding hydrogens is 636 g/mol. The lowest BCUT2D eigenvalue weighted by atomic mass is 9.98. The van der Waals surface area contributed by atoms with Gasteiger partial charge >= 0.3 is 12.1 Å². The van der Waals surface area contributed by atoms with Crippen LogP contribution in [-0.2, 0) is 19.1 Å². The average Bonchev–Trinajstić information content (AvgIpc) is 3.42. The fraction of sp³-hybridized carbons (Fsp3) is 0.250. The molecule has 48 heavy (non-hydrogen) atoms. The van der Waals surface area contributed by atoms with Gasteiger partial charge < -0.3 is 39.1 Å². The molecule has 0 saturated carbocycles. The van der Waals surface area contributed by atoms with Crippen LogP contribution in [0, 0.1) is 0 Å². The number of ether oxygens (including phenoxy) is 6. The average molecular weight is 673 g/mol. The monoisotopic (exact) mass is 672 g/mol. The van der Waals surface area contributed by atoms with E-state index in [4.69, 9.17) is 28.4 Å². The van der Waals surface area contributed by atoms with Gasteiger partial charge in [0.25, 0.3) is 5.91 Å². The Kier molecular flexibility index (Phi) is 11.0. The largest absolute Gasteiger partial charge is 0.495 e. The minimum absolute atomic E-state index is 0.0514. The molecule has 250 valence electrons. The number of rotatable bonds is 13. The zero-order valence-corrected chi connectivity index (χ0v) is 28.0. The molecule has 0 heterocycles. The standard InChI is InChI=1S/C36H36N2O9S/c1-21(39)46-20-30(38-36(41)47-19-28-26-12-8-6-10-24(26)25-11-7-9-13-27(25)28)35(40)37-29-16-22(14-15-31(29)42-2)48-23-17-32(43-3)34(45-5)33(18-23)44-4/h6-18,28,30H,19-20H2,1-5H3,(H,37,40)(H,38,41). The van der Waals surface area contributed by atoms with E-state index in [1.165, 1.54) is 47.1 Å². The summed E-state index contributed by atoms with van der Waals surface area (Å²) in [7, 11) is 6.08. The molecule has 12 heteroatoms. The zero-order valence-electron chi connectivity index (χ0n) is 27.2. The van der Waals surface area contributed by atoms with Gasteiger partial charge in [0, 0.05) is 22.6 Å². The van der Waals surface area contributed by atoms with Gasteiger partial charge in [-0.1, -0.05) is 60.3 Å². The Morgan fingerprint density at radius 2 is 1.33 bits per heavy atom. The lowest BCUT2D eigenvalue weighted by Gasteiger charge is -2.20. The van der Waals surface area contributed by atoms with Crippen molar-refractivity contribution in [3.63, 3.8) is 0 Å². The number of methoxy groups -OCH3 is 4. The van der Waals surface area contributed by atoms with Crippen LogP contribution in [0.4, 0.5) is 10.5 Å². The van der Waals surface area contributed by atoms with E-state index in [-0.39, 0.29) is 12.5 Å². The predicted molar refractivity (Wildman–Crippen MR) is 180 cm³/mol. The van der Waals surface area contributed by atoms with Crippen molar-refractivity contribution in [3.8, 4) is 34.1 Å². The SMILES string of the molecule is COc1ccc(Sc2cc(OC)c(OC)c(OC)c2)cc1NC(=O)C(COC(C)=O)NC(=O)OCC1c2ccccc2-c2ccccc21. The van der Waals surface area contributed by atoms with E-state index in [1.807, 2.05) is 66.7 Å². The minimum Gasteiger partial charge on any atom is -0.495 e. The first-order valence-corrected chi connectivity index (χ1v) is 15.8. The molecule has 1 aliphatic carbocycles. The number of alkyl carbamates (subject to hydrolysis) is 1. The molecule has 0 saturated heterocycles. The first kappa shape index (κ1) is 34.0. The van der Waals surface area contributed by atoms with Gasteiger partial charge in [-0.3, -0.25) is 9.59 Å². The van der Waals surface area contributed by atoms with Crippen molar-refractivity contribution >= 4 is 35.4 Å². The molecule has 4 aromatic carbocycles. The summed E-state index contributed by atoms with van der Waals surface area (Å²) >= 11 is 1.39. The van der Waals surface area contributed by atoms with Gasteiger partial charge in [0.2, 0.25) is 5.75 Å². The van der Waals surface area contributed by atoms with Crippen LogP contribution in [-0.4, -0.2) is 65.7 Å². The third-order valence-corrected chi connectivity index (χ3v) is 8.67. The van der Waals surface area contributed by atoms with Crippen LogP contribution in [0.1, 0.15) is 24.0 Å². The maximum absolute atomic E-state index is 13.5. The zero-order chi connectivity index (χ0) is 34.2. The first-order valence-electron chi connectivity index (χ1n) is 15.0. The summed E-state index contributed by atoms with van der Waals surface area (Å²) in [5.74, 6) is 0.420. The number of benzene rings is 4. The van der Waals surface area contributed by atoms with E-state index in [2.05, 4.69) is 10.6 Å². The van der Waals surface area contributed by atoms with Crippen molar-refractivity contribution in [1.82, 2.24) is 5.32 Å². The number of amides is 2. The summed E-state index contributed by atoms with van der Waals surface area (Å²) in [6.07, 6.45) is -0.831. The Hall–Kier alpha value is -5.36. The van der Waals surface area contributed by atoms with Gasteiger partial charge in [0.05, 0.1) is 34.1 Å². The second-order valence-corrected chi connectivity index (χ2v) is 11.8. The molecular formula is C36H36N2O9S. The summed E-state index contributed by atoms with van der Waals surface area (Å²) < 4.78 is 32.6. The van der Waals surface area contributed by atoms with Crippen molar-refractivity contribution in [3.05, 3.63) is 90.0 Å². The quantitative estimate of drug-likeness (QED) is 0.157. The third-order valence-electron chi connectivity index (χ3n) is 7.71. The summed E-state index contributed by atoms with van der Waals surface area (Å²) in [6.45, 7) is 0.860. The van der Waals surface area contributed by atoms with Crippen molar-refractivity contribution < 1.29 is 42.8 Å². The normalized spacial score (nSPS) is 12.2. The lowest BCUT2D eigenvalue weighted by Crippen LogP contribution is -2.47. The third kappa shape index (κ3) is 7.60. The maximum Gasteiger partial charge on any atom is 0.407 e.